The molecule has 0 N–H and O–H groups in total. The Hall–Kier alpha value is -0.900. The van der Waals surface area contributed by atoms with Crippen LogP contribution in [0.2, 0.25) is 0 Å². The number of esters is 1. The number of rotatable bonds is 1. The standard InChI is InChI=1S/C9H8BrFO2/c1-5-7(9(12)13-2)3-6(11)4-8(5)10/h3-4H,1-2H3. The Morgan fingerprint density at radius 2 is 2.15 bits per heavy atom. The van der Waals surface area contributed by atoms with Crippen molar-refractivity contribution in [3.63, 3.8) is 0 Å². The zero-order valence-corrected chi connectivity index (χ0v) is 8.81. The number of benzene rings is 1. The van der Waals surface area contributed by atoms with Crippen molar-refractivity contribution in [1.29, 1.82) is 0 Å². The van der Waals surface area contributed by atoms with Crippen LogP contribution in [0.15, 0.2) is 16.6 Å². The first-order chi connectivity index (χ1) is 6.06. The lowest BCUT2D eigenvalue weighted by atomic mass is 10.1. The minimum absolute atomic E-state index is 0.245. The molecule has 0 bridgehead atoms. The molecule has 0 spiro atoms. The second-order valence-electron chi connectivity index (χ2n) is 2.55. The average molecular weight is 247 g/mol. The summed E-state index contributed by atoms with van der Waals surface area (Å²) < 4.78 is 17.9. The maximum Gasteiger partial charge on any atom is 0.338 e. The molecular weight excluding hydrogens is 239 g/mol. The first-order valence-electron chi connectivity index (χ1n) is 3.60. The van der Waals surface area contributed by atoms with Crippen LogP contribution >= 0.6 is 15.9 Å². The first kappa shape index (κ1) is 10.2. The Balaban J connectivity index is 3.28. The highest BCUT2D eigenvalue weighted by atomic mass is 79.9. The van der Waals surface area contributed by atoms with Crippen molar-refractivity contribution >= 4 is 21.9 Å². The predicted molar refractivity (Wildman–Crippen MR) is 50.2 cm³/mol. The third-order valence-corrected chi connectivity index (χ3v) is 2.54. The van der Waals surface area contributed by atoms with Gasteiger partial charge in [-0.3, -0.25) is 0 Å². The molecule has 0 saturated carbocycles. The molecule has 0 saturated heterocycles. The molecular formula is C9H8BrFO2. The minimum atomic E-state index is -0.530. The topological polar surface area (TPSA) is 26.3 Å². The fourth-order valence-corrected chi connectivity index (χ4v) is 1.40. The summed E-state index contributed by atoms with van der Waals surface area (Å²) in [5, 5.41) is 0. The third-order valence-electron chi connectivity index (χ3n) is 1.71. The molecule has 1 aromatic carbocycles. The molecule has 0 amide bonds. The molecule has 0 aliphatic heterocycles. The van der Waals surface area contributed by atoms with Crippen LogP contribution in [0.1, 0.15) is 15.9 Å². The van der Waals surface area contributed by atoms with Gasteiger partial charge in [0.25, 0.3) is 0 Å². The van der Waals surface area contributed by atoms with Gasteiger partial charge in [-0.2, -0.15) is 0 Å². The summed E-state index contributed by atoms with van der Waals surface area (Å²) in [5.74, 6) is -0.990. The van der Waals surface area contributed by atoms with Crippen LogP contribution < -0.4 is 0 Å². The van der Waals surface area contributed by atoms with E-state index in [4.69, 9.17) is 0 Å². The SMILES string of the molecule is COC(=O)c1cc(F)cc(Br)c1C. The summed E-state index contributed by atoms with van der Waals surface area (Å²) in [6, 6.07) is 2.47. The maximum absolute atomic E-state index is 12.9. The number of hydrogen-bond donors (Lipinski definition) is 0. The van der Waals surface area contributed by atoms with E-state index in [1.807, 2.05) is 0 Å². The van der Waals surface area contributed by atoms with Gasteiger partial charge in [-0.1, -0.05) is 15.9 Å². The van der Waals surface area contributed by atoms with E-state index in [2.05, 4.69) is 20.7 Å². The van der Waals surface area contributed by atoms with Crippen molar-refractivity contribution in [3.8, 4) is 0 Å². The quantitative estimate of drug-likeness (QED) is 0.713. The lowest BCUT2D eigenvalue weighted by molar-refractivity contribution is 0.0599. The van der Waals surface area contributed by atoms with Gasteiger partial charge in [0.15, 0.2) is 0 Å². The van der Waals surface area contributed by atoms with Crippen LogP contribution in [0.4, 0.5) is 4.39 Å². The van der Waals surface area contributed by atoms with Crippen molar-refractivity contribution in [2.75, 3.05) is 7.11 Å². The van der Waals surface area contributed by atoms with Gasteiger partial charge in [-0.25, -0.2) is 9.18 Å². The molecule has 0 fully saturated rings. The monoisotopic (exact) mass is 246 g/mol. The Kier molecular flexibility index (Phi) is 3.03. The Morgan fingerprint density at radius 3 is 2.69 bits per heavy atom. The molecule has 0 unspecified atom stereocenters. The molecule has 13 heavy (non-hydrogen) atoms. The number of ether oxygens (including phenoxy) is 1. The van der Waals surface area contributed by atoms with Crippen LogP contribution in [-0.4, -0.2) is 13.1 Å². The van der Waals surface area contributed by atoms with E-state index in [0.29, 0.717) is 10.0 Å². The Morgan fingerprint density at radius 1 is 1.54 bits per heavy atom. The molecule has 0 heterocycles. The van der Waals surface area contributed by atoms with E-state index in [1.54, 1.807) is 6.92 Å². The fraction of sp³-hybridized carbons (Fsp3) is 0.222. The Bertz CT molecular complexity index is 350. The molecule has 0 aliphatic rings. The molecule has 0 aromatic heterocycles. The van der Waals surface area contributed by atoms with Gasteiger partial charge >= 0.3 is 5.97 Å². The van der Waals surface area contributed by atoms with Crippen molar-refractivity contribution in [1.82, 2.24) is 0 Å². The van der Waals surface area contributed by atoms with Crippen LogP contribution in [0.3, 0.4) is 0 Å². The number of hydrogen-bond acceptors (Lipinski definition) is 2. The summed E-state index contributed by atoms with van der Waals surface area (Å²) in [7, 11) is 1.26. The van der Waals surface area contributed by atoms with Gasteiger partial charge in [0.1, 0.15) is 5.82 Å². The molecule has 1 rings (SSSR count). The second kappa shape index (κ2) is 3.87. The smallest absolute Gasteiger partial charge is 0.338 e. The van der Waals surface area contributed by atoms with E-state index in [-0.39, 0.29) is 5.56 Å². The van der Waals surface area contributed by atoms with E-state index < -0.39 is 11.8 Å². The number of carbonyl (C=O) groups excluding carboxylic acids is 1. The van der Waals surface area contributed by atoms with Crippen LogP contribution in [0.25, 0.3) is 0 Å². The summed E-state index contributed by atoms with van der Waals surface area (Å²) in [5.41, 5.74) is 0.919. The van der Waals surface area contributed by atoms with Crippen molar-refractivity contribution in [2.45, 2.75) is 6.92 Å². The van der Waals surface area contributed by atoms with Gasteiger partial charge in [0, 0.05) is 4.47 Å². The molecule has 0 aliphatic carbocycles. The molecule has 0 atom stereocenters. The highest BCUT2D eigenvalue weighted by Crippen LogP contribution is 2.21. The van der Waals surface area contributed by atoms with Crippen LogP contribution in [0, 0.1) is 12.7 Å². The highest BCUT2D eigenvalue weighted by molar-refractivity contribution is 9.10. The zero-order valence-electron chi connectivity index (χ0n) is 7.23. The third kappa shape index (κ3) is 2.06. The van der Waals surface area contributed by atoms with Gasteiger partial charge in [-0.15, -0.1) is 0 Å². The zero-order chi connectivity index (χ0) is 10.0. The van der Waals surface area contributed by atoms with E-state index in [0.717, 1.165) is 6.07 Å². The number of methoxy groups -OCH3 is 1. The predicted octanol–water partition coefficient (Wildman–Crippen LogP) is 2.68. The summed E-state index contributed by atoms with van der Waals surface area (Å²) in [6.07, 6.45) is 0. The Labute approximate surface area is 83.8 Å². The van der Waals surface area contributed by atoms with Crippen molar-refractivity contribution in [2.24, 2.45) is 0 Å². The van der Waals surface area contributed by atoms with Crippen molar-refractivity contribution in [3.05, 3.63) is 33.5 Å². The molecule has 70 valence electrons. The highest BCUT2D eigenvalue weighted by Gasteiger charge is 2.12. The summed E-state index contributed by atoms with van der Waals surface area (Å²) >= 11 is 3.15. The van der Waals surface area contributed by atoms with E-state index >= 15 is 0 Å². The maximum atomic E-state index is 12.9. The molecule has 4 heteroatoms. The number of carbonyl (C=O) groups is 1. The molecule has 1 aromatic rings. The average Bonchev–Trinajstić information content (AvgIpc) is 2.10. The van der Waals surface area contributed by atoms with E-state index in [9.17, 15) is 9.18 Å². The molecule has 2 nitrogen and oxygen atoms in total. The minimum Gasteiger partial charge on any atom is -0.465 e. The first-order valence-corrected chi connectivity index (χ1v) is 4.39. The normalized spacial score (nSPS) is 9.85. The van der Waals surface area contributed by atoms with E-state index in [1.165, 1.54) is 13.2 Å². The van der Waals surface area contributed by atoms with Gasteiger partial charge in [-0.05, 0) is 24.6 Å². The second-order valence-corrected chi connectivity index (χ2v) is 3.41. The number of halogens is 2. The van der Waals surface area contributed by atoms with Crippen molar-refractivity contribution < 1.29 is 13.9 Å². The van der Waals surface area contributed by atoms with Gasteiger partial charge < -0.3 is 4.74 Å². The largest absolute Gasteiger partial charge is 0.465 e. The van der Waals surface area contributed by atoms with Gasteiger partial charge in [0.05, 0.1) is 12.7 Å². The fourth-order valence-electron chi connectivity index (χ4n) is 0.968. The molecule has 0 radical (unpaired) electrons. The lowest BCUT2D eigenvalue weighted by Crippen LogP contribution is -2.04. The summed E-state index contributed by atoms with van der Waals surface area (Å²) in [6.45, 7) is 1.72. The van der Waals surface area contributed by atoms with Crippen LogP contribution in [0.5, 0.6) is 0 Å². The van der Waals surface area contributed by atoms with Gasteiger partial charge in [0.2, 0.25) is 0 Å². The summed E-state index contributed by atoms with van der Waals surface area (Å²) in [4.78, 5) is 11.1. The lowest BCUT2D eigenvalue weighted by Gasteiger charge is -2.05. The van der Waals surface area contributed by atoms with Crippen LogP contribution in [-0.2, 0) is 4.74 Å².